The van der Waals surface area contributed by atoms with Crippen LogP contribution in [0.3, 0.4) is 0 Å². The summed E-state index contributed by atoms with van der Waals surface area (Å²) in [6.07, 6.45) is -3.17. The molecule has 1 aromatic heterocycles. The average molecular weight is 416 g/mol. The van der Waals surface area contributed by atoms with Gasteiger partial charge in [-0.3, -0.25) is 0 Å². The van der Waals surface area contributed by atoms with Crippen LogP contribution in [-0.2, 0) is 21.7 Å². The summed E-state index contributed by atoms with van der Waals surface area (Å²) in [6.45, 7) is 0. The first-order chi connectivity index (χ1) is 12.6. The van der Waals surface area contributed by atoms with Crippen LogP contribution in [0.2, 0.25) is 5.02 Å². The summed E-state index contributed by atoms with van der Waals surface area (Å²) in [5, 5.41) is 3.90. The predicted octanol–water partition coefficient (Wildman–Crippen LogP) is 5.34. The topological polar surface area (TPSA) is 68.3 Å². The van der Waals surface area contributed by atoms with E-state index in [0.29, 0.717) is 16.3 Å². The summed E-state index contributed by atoms with van der Waals surface area (Å²) in [6, 6.07) is 13.0. The van der Waals surface area contributed by atoms with Crippen molar-refractivity contribution in [1.82, 2.24) is 10.1 Å². The van der Waals surface area contributed by atoms with Gasteiger partial charge in [0.2, 0.25) is 5.82 Å². The Bertz CT molecular complexity index is 1050. The summed E-state index contributed by atoms with van der Waals surface area (Å²) in [5.74, 6) is -1.36. The molecule has 142 valence electrons. The Hall–Kier alpha value is -2.39. The molecule has 27 heavy (non-hydrogen) atoms. The van der Waals surface area contributed by atoms with E-state index in [1.165, 1.54) is 30.5 Å². The van der Waals surface area contributed by atoms with Gasteiger partial charge in [-0.1, -0.05) is 28.9 Å². The van der Waals surface area contributed by atoms with Gasteiger partial charge in [0, 0.05) is 16.8 Å². The number of benzene rings is 2. The van der Waals surface area contributed by atoms with Crippen molar-refractivity contribution in [3.05, 3.63) is 65.0 Å². The number of rotatable bonds is 4. The van der Waals surface area contributed by atoms with Crippen molar-refractivity contribution in [2.24, 2.45) is 4.36 Å². The Morgan fingerprint density at radius 2 is 1.74 bits per heavy atom. The number of nitrogens with zero attached hydrogens (tertiary/aromatic N) is 3. The molecule has 0 saturated heterocycles. The van der Waals surface area contributed by atoms with Gasteiger partial charge in [-0.05, 0) is 42.0 Å². The smallest absolute Gasteiger partial charge is 0.329 e. The summed E-state index contributed by atoms with van der Waals surface area (Å²) in [4.78, 5) is 3.32. The van der Waals surface area contributed by atoms with Crippen LogP contribution in [0.4, 0.5) is 18.9 Å². The summed E-state index contributed by atoms with van der Waals surface area (Å²) >= 11 is 5.83. The van der Waals surface area contributed by atoms with Gasteiger partial charge in [0.15, 0.2) is 0 Å². The van der Waals surface area contributed by atoms with Gasteiger partial charge < -0.3 is 4.52 Å². The van der Waals surface area contributed by atoms with Crippen LogP contribution in [0.1, 0.15) is 11.5 Å². The lowest BCUT2D eigenvalue weighted by molar-refractivity contribution is -0.159. The van der Waals surface area contributed by atoms with E-state index in [1.54, 1.807) is 24.3 Å². The van der Waals surface area contributed by atoms with Crippen molar-refractivity contribution < 1.29 is 21.9 Å². The van der Waals surface area contributed by atoms with Crippen LogP contribution in [0.15, 0.2) is 57.4 Å². The van der Waals surface area contributed by atoms with Gasteiger partial charge >= 0.3 is 12.1 Å². The highest BCUT2D eigenvalue weighted by Gasteiger charge is 2.38. The van der Waals surface area contributed by atoms with Crippen molar-refractivity contribution >= 4 is 27.0 Å². The summed E-state index contributed by atoms with van der Waals surface area (Å²) < 4.78 is 58.7. The van der Waals surface area contributed by atoms with E-state index in [2.05, 4.69) is 19.0 Å². The molecule has 0 aliphatic heterocycles. The molecule has 0 aliphatic carbocycles. The maximum Gasteiger partial charge on any atom is 0.471 e. The van der Waals surface area contributed by atoms with E-state index in [9.17, 15) is 17.4 Å². The highest BCUT2D eigenvalue weighted by atomic mass is 35.5. The van der Waals surface area contributed by atoms with Gasteiger partial charge in [-0.25, -0.2) is 4.21 Å². The van der Waals surface area contributed by atoms with Crippen molar-refractivity contribution in [3.8, 4) is 11.4 Å². The first-order valence-corrected chi connectivity index (χ1v) is 10.0. The Morgan fingerprint density at radius 1 is 1.11 bits per heavy atom. The molecule has 0 aliphatic rings. The van der Waals surface area contributed by atoms with Crippen LogP contribution < -0.4 is 0 Å². The minimum absolute atomic E-state index is 0.188. The van der Waals surface area contributed by atoms with Gasteiger partial charge in [0.05, 0.1) is 21.2 Å². The molecule has 1 unspecified atom stereocenters. The van der Waals surface area contributed by atoms with Gasteiger partial charge in [-0.15, -0.1) is 0 Å². The van der Waals surface area contributed by atoms with Crippen molar-refractivity contribution in [1.29, 1.82) is 0 Å². The fourth-order valence-corrected chi connectivity index (χ4v) is 3.84. The van der Waals surface area contributed by atoms with Crippen molar-refractivity contribution in [3.63, 3.8) is 0 Å². The van der Waals surface area contributed by atoms with E-state index in [4.69, 9.17) is 11.6 Å². The number of alkyl halides is 3. The Labute approximate surface area is 158 Å². The molecular weight excluding hydrogens is 403 g/mol. The quantitative estimate of drug-likeness (QED) is 0.577. The van der Waals surface area contributed by atoms with E-state index in [-0.39, 0.29) is 11.6 Å². The molecular formula is C17H13ClF3N3O2S. The van der Waals surface area contributed by atoms with E-state index in [0.717, 1.165) is 5.56 Å². The lowest BCUT2D eigenvalue weighted by Crippen LogP contribution is -2.04. The number of halogens is 4. The zero-order chi connectivity index (χ0) is 19.7. The Kier molecular flexibility index (Phi) is 5.25. The summed E-state index contributed by atoms with van der Waals surface area (Å²) in [7, 11) is -2.56. The van der Waals surface area contributed by atoms with Gasteiger partial charge in [0.25, 0.3) is 0 Å². The maximum absolute atomic E-state index is 12.7. The predicted molar refractivity (Wildman–Crippen MR) is 96.0 cm³/mol. The normalized spacial score (nSPS) is 14.0. The molecule has 0 amide bonds. The average Bonchev–Trinajstić information content (AvgIpc) is 3.07. The first kappa shape index (κ1) is 19.4. The molecule has 3 aromatic rings. The molecule has 2 aromatic carbocycles. The molecule has 0 radical (unpaired) electrons. The lowest BCUT2D eigenvalue weighted by Gasteiger charge is -2.05. The Morgan fingerprint density at radius 3 is 2.30 bits per heavy atom. The third-order valence-corrected chi connectivity index (χ3v) is 5.16. The SMILES string of the molecule is CS(=O)(Cc1ccc(Cl)cc1)=Nc1ccc(-c2noc(C(F)(F)F)n2)cc1. The molecule has 0 fully saturated rings. The Balaban J connectivity index is 1.80. The van der Waals surface area contributed by atoms with Crippen LogP contribution in [-0.4, -0.2) is 20.6 Å². The monoisotopic (exact) mass is 415 g/mol. The van der Waals surface area contributed by atoms with Gasteiger partial charge in [0.1, 0.15) is 0 Å². The zero-order valence-corrected chi connectivity index (χ0v) is 15.5. The second-order valence-electron chi connectivity index (χ2n) is 5.79. The standard InChI is InChI=1S/C17H13ClF3N3O2S/c1-27(25,10-11-2-6-13(18)7-3-11)24-14-8-4-12(5-9-14)15-22-16(26-23-15)17(19,20)21/h2-9H,10H2,1H3. The second-order valence-corrected chi connectivity index (χ2v) is 8.62. The zero-order valence-electron chi connectivity index (χ0n) is 13.9. The molecule has 0 spiro atoms. The maximum atomic E-state index is 12.7. The van der Waals surface area contributed by atoms with Crippen LogP contribution in [0.5, 0.6) is 0 Å². The lowest BCUT2D eigenvalue weighted by atomic mass is 10.2. The minimum atomic E-state index is -4.70. The van der Waals surface area contributed by atoms with Crippen molar-refractivity contribution in [2.45, 2.75) is 11.9 Å². The molecule has 0 saturated carbocycles. The highest BCUT2D eigenvalue weighted by molar-refractivity contribution is 7.92. The van der Waals surface area contributed by atoms with Crippen molar-refractivity contribution in [2.75, 3.05) is 6.26 Å². The largest absolute Gasteiger partial charge is 0.471 e. The fraction of sp³-hybridized carbons (Fsp3) is 0.176. The molecule has 3 rings (SSSR count). The third-order valence-electron chi connectivity index (χ3n) is 3.44. The number of hydrogen-bond acceptors (Lipinski definition) is 5. The molecule has 1 heterocycles. The van der Waals surface area contributed by atoms with E-state index in [1.807, 2.05) is 0 Å². The third kappa shape index (κ3) is 5.08. The minimum Gasteiger partial charge on any atom is -0.329 e. The first-order valence-electron chi connectivity index (χ1n) is 7.58. The number of hydrogen-bond donors (Lipinski definition) is 0. The van der Waals surface area contributed by atoms with E-state index >= 15 is 0 Å². The molecule has 1 atom stereocenters. The molecule has 10 heteroatoms. The fourth-order valence-electron chi connectivity index (χ4n) is 2.27. The summed E-state index contributed by atoms with van der Waals surface area (Å²) in [5.41, 5.74) is 1.59. The van der Waals surface area contributed by atoms with Crippen LogP contribution >= 0.6 is 11.6 Å². The molecule has 0 bridgehead atoms. The second kappa shape index (κ2) is 7.32. The molecule has 0 N–H and O–H groups in total. The highest BCUT2D eigenvalue weighted by Crippen LogP contribution is 2.30. The number of aromatic nitrogens is 2. The van der Waals surface area contributed by atoms with Crippen LogP contribution in [0, 0.1) is 0 Å². The molecule has 5 nitrogen and oxygen atoms in total. The van der Waals surface area contributed by atoms with E-state index < -0.39 is 21.8 Å². The van der Waals surface area contributed by atoms with Gasteiger partial charge in [-0.2, -0.15) is 22.5 Å². The van der Waals surface area contributed by atoms with Crippen LogP contribution in [0.25, 0.3) is 11.4 Å².